The Morgan fingerprint density at radius 3 is 2.55 bits per heavy atom. The summed E-state index contributed by atoms with van der Waals surface area (Å²) in [6.07, 6.45) is 2.43. The Hall–Kier alpha value is -3.94. The van der Waals surface area contributed by atoms with Crippen LogP contribution >= 0.6 is 0 Å². The highest BCUT2D eigenvalue weighted by atomic mass is 16.5. The van der Waals surface area contributed by atoms with Crippen LogP contribution in [0.15, 0.2) is 78.0 Å². The fraction of sp³-hybridized carbons (Fsp3) is 0.217. The number of carbonyl (C=O) groups is 1. The van der Waals surface area contributed by atoms with Crippen molar-refractivity contribution in [1.82, 2.24) is 24.6 Å². The first-order valence-corrected chi connectivity index (χ1v) is 10.1. The summed E-state index contributed by atoms with van der Waals surface area (Å²) in [7, 11) is 0. The van der Waals surface area contributed by atoms with E-state index < -0.39 is 6.10 Å². The van der Waals surface area contributed by atoms with Gasteiger partial charge >= 0.3 is 0 Å². The molecule has 2 aromatic heterocycles. The zero-order valence-electron chi connectivity index (χ0n) is 17.1. The van der Waals surface area contributed by atoms with Crippen molar-refractivity contribution in [3.05, 3.63) is 89.1 Å². The van der Waals surface area contributed by atoms with Crippen LogP contribution in [0.2, 0.25) is 0 Å². The third kappa shape index (κ3) is 4.80. The Morgan fingerprint density at radius 1 is 1.10 bits per heavy atom. The number of nitrogens with zero attached hydrogens (tertiary/aromatic N) is 4. The summed E-state index contributed by atoms with van der Waals surface area (Å²) in [4.78, 5) is 29.5. The summed E-state index contributed by atoms with van der Waals surface area (Å²) in [5, 5.41) is 7.55. The third-order valence-corrected chi connectivity index (χ3v) is 4.87. The predicted octanol–water partition coefficient (Wildman–Crippen LogP) is 2.22. The average Bonchev–Trinajstić information content (AvgIpc) is 3.21. The second-order valence-corrected chi connectivity index (χ2v) is 7.13. The number of hydrogen-bond donors (Lipinski definition) is 1. The number of rotatable bonds is 8. The van der Waals surface area contributed by atoms with Crippen LogP contribution in [0.3, 0.4) is 0 Å². The lowest BCUT2D eigenvalue weighted by molar-refractivity contribution is -0.127. The molecular formula is C23H23N5O3. The van der Waals surface area contributed by atoms with Gasteiger partial charge in [0.2, 0.25) is 0 Å². The molecule has 4 aromatic rings. The maximum absolute atomic E-state index is 12.8. The molecule has 0 radical (unpaired) electrons. The second-order valence-electron chi connectivity index (χ2n) is 7.13. The van der Waals surface area contributed by atoms with E-state index in [1.807, 2.05) is 48.5 Å². The molecule has 0 spiro atoms. The van der Waals surface area contributed by atoms with Gasteiger partial charge in [-0.25, -0.2) is 9.67 Å². The van der Waals surface area contributed by atoms with Gasteiger partial charge in [0.15, 0.2) is 11.8 Å². The molecule has 0 aliphatic heterocycles. The van der Waals surface area contributed by atoms with Gasteiger partial charge in [0.25, 0.3) is 11.5 Å². The van der Waals surface area contributed by atoms with Crippen molar-refractivity contribution in [2.75, 3.05) is 6.54 Å². The van der Waals surface area contributed by atoms with Gasteiger partial charge in [-0.2, -0.15) is 5.10 Å². The molecule has 8 nitrogen and oxygen atoms in total. The van der Waals surface area contributed by atoms with Gasteiger partial charge in [0.05, 0.1) is 19.3 Å². The zero-order valence-corrected chi connectivity index (χ0v) is 17.1. The number of benzene rings is 2. The number of nitrogens with one attached hydrogen (secondary N) is 1. The van der Waals surface area contributed by atoms with Crippen molar-refractivity contribution in [3.8, 4) is 5.75 Å². The Bertz CT molecular complexity index is 1220. The summed E-state index contributed by atoms with van der Waals surface area (Å²) in [5.41, 5.74) is 1.37. The van der Waals surface area contributed by atoms with E-state index in [0.717, 1.165) is 5.56 Å². The Labute approximate surface area is 179 Å². The molecule has 1 atom stereocenters. The van der Waals surface area contributed by atoms with Crippen LogP contribution in [0.5, 0.6) is 5.75 Å². The molecule has 1 amide bonds. The molecule has 0 aliphatic rings. The van der Waals surface area contributed by atoms with E-state index >= 15 is 0 Å². The van der Waals surface area contributed by atoms with Gasteiger partial charge in [0.1, 0.15) is 17.5 Å². The van der Waals surface area contributed by atoms with Crippen LogP contribution in [0.1, 0.15) is 12.5 Å². The van der Waals surface area contributed by atoms with Crippen molar-refractivity contribution in [2.45, 2.75) is 26.1 Å². The Kier molecular flexibility index (Phi) is 6.07. The molecule has 0 bridgehead atoms. The lowest BCUT2D eigenvalue weighted by atomic mass is 10.2. The summed E-state index contributed by atoms with van der Waals surface area (Å²) < 4.78 is 8.80. The highest BCUT2D eigenvalue weighted by molar-refractivity contribution is 5.80. The zero-order chi connectivity index (χ0) is 21.6. The van der Waals surface area contributed by atoms with Gasteiger partial charge < -0.3 is 10.1 Å². The monoisotopic (exact) mass is 417 g/mol. The van der Waals surface area contributed by atoms with Crippen LogP contribution in [0.25, 0.3) is 11.0 Å². The van der Waals surface area contributed by atoms with Crippen LogP contribution < -0.4 is 15.6 Å². The molecule has 2 aromatic carbocycles. The summed E-state index contributed by atoms with van der Waals surface area (Å²) in [6.45, 7) is 2.88. The molecule has 8 heteroatoms. The molecule has 31 heavy (non-hydrogen) atoms. The number of carbonyl (C=O) groups excluding carboxylic acids is 1. The minimum absolute atomic E-state index is 0.144. The topological polar surface area (TPSA) is 91.0 Å². The van der Waals surface area contributed by atoms with E-state index in [1.54, 1.807) is 28.3 Å². The highest BCUT2D eigenvalue weighted by Crippen LogP contribution is 2.11. The van der Waals surface area contributed by atoms with Crippen molar-refractivity contribution in [1.29, 1.82) is 0 Å². The van der Waals surface area contributed by atoms with E-state index in [1.165, 1.54) is 12.5 Å². The largest absolute Gasteiger partial charge is 0.481 e. The van der Waals surface area contributed by atoms with E-state index in [0.29, 0.717) is 36.4 Å². The Morgan fingerprint density at radius 2 is 1.81 bits per heavy atom. The third-order valence-electron chi connectivity index (χ3n) is 4.87. The molecule has 0 saturated heterocycles. The van der Waals surface area contributed by atoms with E-state index in [2.05, 4.69) is 15.4 Å². The molecule has 2 heterocycles. The molecule has 1 N–H and O–H groups in total. The quantitative estimate of drug-likeness (QED) is 0.475. The Balaban J connectivity index is 1.37. The molecular weight excluding hydrogens is 394 g/mol. The predicted molar refractivity (Wildman–Crippen MR) is 117 cm³/mol. The van der Waals surface area contributed by atoms with Crippen molar-refractivity contribution >= 4 is 16.9 Å². The fourth-order valence-electron chi connectivity index (χ4n) is 3.24. The first-order valence-electron chi connectivity index (χ1n) is 10.1. The number of fused-ring (bicyclic) bond motifs is 1. The lowest BCUT2D eigenvalue weighted by Crippen LogP contribution is -2.38. The number of amides is 1. The molecule has 0 fully saturated rings. The van der Waals surface area contributed by atoms with Gasteiger partial charge in [-0.05, 0) is 24.6 Å². The highest BCUT2D eigenvalue weighted by Gasteiger charge is 2.15. The minimum Gasteiger partial charge on any atom is -0.481 e. The summed E-state index contributed by atoms with van der Waals surface area (Å²) >= 11 is 0. The molecule has 158 valence electrons. The van der Waals surface area contributed by atoms with Crippen molar-refractivity contribution in [3.63, 3.8) is 0 Å². The van der Waals surface area contributed by atoms with Gasteiger partial charge in [-0.1, -0.05) is 48.5 Å². The number of aromatic nitrogens is 4. The fourth-order valence-corrected chi connectivity index (χ4v) is 3.24. The molecule has 0 saturated carbocycles. The SMILES string of the molecule is C[C@@H](Oc1ccccc1)C(=O)NCCn1ncc2c(=O)n(Cc3ccccc3)cnc21. The smallest absolute Gasteiger partial charge is 0.264 e. The normalized spacial score (nSPS) is 11.9. The van der Waals surface area contributed by atoms with Crippen molar-refractivity contribution in [2.24, 2.45) is 0 Å². The number of ether oxygens (including phenoxy) is 1. The number of hydrogen-bond acceptors (Lipinski definition) is 5. The van der Waals surface area contributed by atoms with Crippen LogP contribution in [0.4, 0.5) is 0 Å². The minimum atomic E-state index is -0.625. The standard InChI is InChI=1S/C23H23N5O3/c1-17(31-19-10-6-3-7-11-19)22(29)24-12-13-28-21-20(14-26-28)23(30)27(16-25-21)15-18-8-4-2-5-9-18/h2-11,14,16-17H,12-13,15H2,1H3,(H,24,29)/t17-/m1/s1. The van der Waals surface area contributed by atoms with Crippen LogP contribution in [0, 0.1) is 0 Å². The average molecular weight is 417 g/mol. The van der Waals surface area contributed by atoms with Gasteiger partial charge in [-0.15, -0.1) is 0 Å². The van der Waals surface area contributed by atoms with Gasteiger partial charge in [-0.3, -0.25) is 14.2 Å². The van der Waals surface area contributed by atoms with Crippen LogP contribution in [-0.4, -0.2) is 37.9 Å². The maximum Gasteiger partial charge on any atom is 0.264 e. The van der Waals surface area contributed by atoms with Gasteiger partial charge in [0, 0.05) is 6.54 Å². The second kappa shape index (κ2) is 9.25. The first-order chi connectivity index (χ1) is 15.1. The van der Waals surface area contributed by atoms with Crippen LogP contribution in [-0.2, 0) is 17.9 Å². The molecule has 0 aliphatic carbocycles. The maximum atomic E-state index is 12.8. The lowest BCUT2D eigenvalue weighted by Gasteiger charge is -2.14. The molecule has 0 unspecified atom stereocenters. The van der Waals surface area contributed by atoms with Crippen molar-refractivity contribution < 1.29 is 9.53 Å². The van der Waals surface area contributed by atoms with E-state index in [4.69, 9.17) is 4.74 Å². The van der Waals surface area contributed by atoms with E-state index in [-0.39, 0.29) is 11.5 Å². The summed E-state index contributed by atoms with van der Waals surface area (Å²) in [5.74, 6) is 0.415. The first kappa shape index (κ1) is 20.3. The number of para-hydroxylation sites is 1. The molecule has 4 rings (SSSR count). The van der Waals surface area contributed by atoms with E-state index in [9.17, 15) is 9.59 Å². The summed E-state index contributed by atoms with van der Waals surface area (Å²) in [6, 6.07) is 18.9.